The van der Waals surface area contributed by atoms with Crippen LogP contribution in [-0.4, -0.2) is 13.1 Å². The molecule has 3 heteroatoms. The van der Waals surface area contributed by atoms with E-state index in [1.165, 1.54) is 25.0 Å². The molecule has 0 radical (unpaired) electrons. The maximum Gasteiger partial charge on any atom is 0.125 e. The number of nitrogens with zero attached hydrogens (tertiary/aromatic N) is 1. The van der Waals surface area contributed by atoms with Gasteiger partial charge in [-0.15, -0.1) is 0 Å². The number of nitrogen functional groups attached to an aromatic ring is 1. The van der Waals surface area contributed by atoms with E-state index >= 15 is 0 Å². The van der Waals surface area contributed by atoms with E-state index in [0.29, 0.717) is 11.1 Å². The molecule has 1 aliphatic rings. The molecule has 0 saturated carbocycles. The lowest BCUT2D eigenvalue weighted by Gasteiger charge is -2.40. The van der Waals surface area contributed by atoms with E-state index in [2.05, 4.69) is 25.7 Å². The Labute approximate surface area is 109 Å². The summed E-state index contributed by atoms with van der Waals surface area (Å²) >= 11 is 0. The molecule has 1 fully saturated rings. The van der Waals surface area contributed by atoms with Gasteiger partial charge in [-0.25, -0.2) is 4.39 Å². The number of hydrogen-bond donors (Lipinski definition) is 1. The van der Waals surface area contributed by atoms with Crippen molar-refractivity contribution in [2.45, 2.75) is 33.6 Å². The van der Waals surface area contributed by atoms with Crippen LogP contribution < -0.4 is 10.6 Å². The molecule has 2 nitrogen and oxygen atoms in total. The van der Waals surface area contributed by atoms with Gasteiger partial charge in [-0.3, -0.25) is 0 Å². The maximum absolute atomic E-state index is 13.0. The van der Waals surface area contributed by atoms with Gasteiger partial charge in [0.25, 0.3) is 0 Å². The van der Waals surface area contributed by atoms with Crippen molar-refractivity contribution < 1.29 is 4.39 Å². The number of anilines is 2. The molecule has 1 heterocycles. The molecular formula is C15H23FN2. The van der Waals surface area contributed by atoms with E-state index in [0.717, 1.165) is 24.7 Å². The summed E-state index contributed by atoms with van der Waals surface area (Å²) in [7, 11) is 0. The fourth-order valence-corrected chi connectivity index (χ4v) is 2.80. The molecule has 0 atom stereocenters. The molecule has 0 bridgehead atoms. The summed E-state index contributed by atoms with van der Waals surface area (Å²) in [6.07, 6.45) is 2.36. The van der Waals surface area contributed by atoms with Crippen molar-refractivity contribution in [3.8, 4) is 0 Å². The van der Waals surface area contributed by atoms with Gasteiger partial charge in [0.2, 0.25) is 0 Å². The third-order valence-electron chi connectivity index (χ3n) is 4.05. The van der Waals surface area contributed by atoms with Crippen LogP contribution in [0, 0.1) is 17.2 Å². The lowest BCUT2D eigenvalue weighted by Crippen LogP contribution is -2.38. The van der Waals surface area contributed by atoms with Crippen LogP contribution in [0.15, 0.2) is 18.2 Å². The summed E-state index contributed by atoms with van der Waals surface area (Å²) in [5, 5.41) is 0. The predicted octanol–water partition coefficient (Wildman–Crippen LogP) is 3.67. The van der Waals surface area contributed by atoms with Crippen molar-refractivity contribution in [2.75, 3.05) is 23.7 Å². The Balaban J connectivity index is 2.06. The van der Waals surface area contributed by atoms with Crippen molar-refractivity contribution in [1.29, 1.82) is 0 Å². The Kier molecular flexibility index (Phi) is 3.51. The van der Waals surface area contributed by atoms with E-state index in [1.54, 1.807) is 6.07 Å². The minimum Gasteiger partial charge on any atom is -0.397 e. The Morgan fingerprint density at radius 2 is 1.83 bits per heavy atom. The van der Waals surface area contributed by atoms with Gasteiger partial charge in [0, 0.05) is 13.1 Å². The Bertz CT molecular complexity index is 415. The highest BCUT2D eigenvalue weighted by atomic mass is 19.1. The fourth-order valence-electron chi connectivity index (χ4n) is 2.80. The minimum absolute atomic E-state index is 0.263. The highest BCUT2D eigenvalue weighted by Crippen LogP contribution is 2.36. The standard InChI is InChI=1S/C15H23FN2/c1-15(2,3)11-6-8-18(9-7-11)14-5-4-12(16)10-13(14)17/h4-5,10-11H,6-9,17H2,1-3H3. The highest BCUT2D eigenvalue weighted by Gasteiger charge is 2.29. The van der Waals surface area contributed by atoms with Gasteiger partial charge >= 0.3 is 0 Å². The zero-order chi connectivity index (χ0) is 13.3. The molecule has 0 amide bonds. The van der Waals surface area contributed by atoms with Crippen LogP contribution in [-0.2, 0) is 0 Å². The lowest BCUT2D eigenvalue weighted by atomic mass is 9.75. The van der Waals surface area contributed by atoms with Gasteiger partial charge in [0.1, 0.15) is 5.82 Å². The first-order valence-electron chi connectivity index (χ1n) is 6.68. The summed E-state index contributed by atoms with van der Waals surface area (Å²) in [5.41, 5.74) is 7.79. The minimum atomic E-state index is -0.263. The third-order valence-corrected chi connectivity index (χ3v) is 4.05. The number of nitrogens with two attached hydrogens (primary N) is 1. The Morgan fingerprint density at radius 3 is 2.33 bits per heavy atom. The summed E-state index contributed by atoms with van der Waals surface area (Å²) < 4.78 is 13.0. The highest BCUT2D eigenvalue weighted by molar-refractivity contribution is 5.67. The zero-order valence-electron chi connectivity index (χ0n) is 11.5. The molecule has 2 N–H and O–H groups in total. The van der Waals surface area contributed by atoms with E-state index in [9.17, 15) is 4.39 Å². The second-order valence-corrected chi connectivity index (χ2v) is 6.33. The monoisotopic (exact) mass is 250 g/mol. The van der Waals surface area contributed by atoms with Crippen LogP contribution in [0.4, 0.5) is 15.8 Å². The number of piperidine rings is 1. The Hall–Kier alpha value is -1.25. The van der Waals surface area contributed by atoms with E-state index in [1.807, 2.05) is 0 Å². The first kappa shape index (κ1) is 13.2. The van der Waals surface area contributed by atoms with Crippen LogP contribution in [0.5, 0.6) is 0 Å². The summed E-state index contributed by atoms with van der Waals surface area (Å²) in [6.45, 7) is 8.94. The predicted molar refractivity (Wildman–Crippen MR) is 75.2 cm³/mol. The third kappa shape index (κ3) is 2.77. The van der Waals surface area contributed by atoms with Crippen LogP contribution in [0.3, 0.4) is 0 Å². The molecule has 2 rings (SSSR count). The number of benzene rings is 1. The topological polar surface area (TPSA) is 29.3 Å². The fraction of sp³-hybridized carbons (Fsp3) is 0.600. The van der Waals surface area contributed by atoms with Crippen molar-refractivity contribution in [3.63, 3.8) is 0 Å². The van der Waals surface area contributed by atoms with Crippen molar-refractivity contribution in [3.05, 3.63) is 24.0 Å². The van der Waals surface area contributed by atoms with E-state index in [-0.39, 0.29) is 5.82 Å². The average Bonchev–Trinajstić information content (AvgIpc) is 2.28. The van der Waals surface area contributed by atoms with Gasteiger partial charge in [0.05, 0.1) is 11.4 Å². The van der Waals surface area contributed by atoms with E-state index < -0.39 is 0 Å². The SMILES string of the molecule is CC(C)(C)C1CCN(c2ccc(F)cc2N)CC1. The largest absolute Gasteiger partial charge is 0.397 e. The molecule has 100 valence electrons. The molecular weight excluding hydrogens is 227 g/mol. The van der Waals surface area contributed by atoms with E-state index in [4.69, 9.17) is 5.73 Å². The van der Waals surface area contributed by atoms with Crippen molar-refractivity contribution in [1.82, 2.24) is 0 Å². The zero-order valence-corrected chi connectivity index (χ0v) is 11.5. The molecule has 0 aliphatic carbocycles. The first-order valence-corrected chi connectivity index (χ1v) is 6.68. The second-order valence-electron chi connectivity index (χ2n) is 6.33. The smallest absolute Gasteiger partial charge is 0.125 e. The molecule has 0 aromatic heterocycles. The maximum atomic E-state index is 13.0. The van der Waals surface area contributed by atoms with Gasteiger partial charge < -0.3 is 10.6 Å². The van der Waals surface area contributed by atoms with Gasteiger partial charge in [-0.2, -0.15) is 0 Å². The molecule has 0 unspecified atom stereocenters. The number of hydrogen-bond acceptors (Lipinski definition) is 2. The molecule has 1 aliphatic heterocycles. The summed E-state index contributed by atoms with van der Waals surface area (Å²) in [6, 6.07) is 4.69. The lowest BCUT2D eigenvalue weighted by molar-refractivity contribution is 0.199. The number of halogens is 1. The van der Waals surface area contributed by atoms with Crippen molar-refractivity contribution in [2.24, 2.45) is 11.3 Å². The Morgan fingerprint density at radius 1 is 1.22 bits per heavy atom. The average molecular weight is 250 g/mol. The second kappa shape index (κ2) is 4.79. The molecule has 1 saturated heterocycles. The normalized spacial score (nSPS) is 18.1. The quantitative estimate of drug-likeness (QED) is 0.771. The molecule has 1 aromatic rings. The molecule has 0 spiro atoms. The number of rotatable bonds is 1. The molecule has 1 aromatic carbocycles. The summed E-state index contributed by atoms with van der Waals surface area (Å²) in [5.74, 6) is 0.497. The van der Waals surface area contributed by atoms with Crippen LogP contribution >= 0.6 is 0 Å². The van der Waals surface area contributed by atoms with Crippen LogP contribution in [0.25, 0.3) is 0 Å². The summed E-state index contributed by atoms with van der Waals surface area (Å²) in [4.78, 5) is 2.27. The van der Waals surface area contributed by atoms with Crippen molar-refractivity contribution >= 4 is 11.4 Å². The van der Waals surface area contributed by atoms with Gasteiger partial charge in [0.15, 0.2) is 0 Å². The van der Waals surface area contributed by atoms with Gasteiger partial charge in [-0.05, 0) is 42.4 Å². The first-order chi connectivity index (χ1) is 8.38. The van der Waals surface area contributed by atoms with Crippen LogP contribution in [0.1, 0.15) is 33.6 Å². The van der Waals surface area contributed by atoms with Crippen LogP contribution in [0.2, 0.25) is 0 Å². The van der Waals surface area contributed by atoms with Gasteiger partial charge in [-0.1, -0.05) is 20.8 Å². The molecule has 18 heavy (non-hydrogen) atoms.